The van der Waals surface area contributed by atoms with Gasteiger partial charge in [-0.25, -0.2) is 9.78 Å². The van der Waals surface area contributed by atoms with Crippen molar-refractivity contribution in [1.29, 1.82) is 0 Å². The van der Waals surface area contributed by atoms with Gasteiger partial charge in [-0.1, -0.05) is 102 Å². The van der Waals surface area contributed by atoms with Crippen molar-refractivity contribution in [2.24, 2.45) is 23.7 Å². The summed E-state index contributed by atoms with van der Waals surface area (Å²) in [5.74, 6) is -2.68. The van der Waals surface area contributed by atoms with Crippen LogP contribution in [-0.4, -0.2) is 144 Å². The number of amides is 5. The van der Waals surface area contributed by atoms with Gasteiger partial charge in [0.15, 0.2) is 0 Å². The van der Waals surface area contributed by atoms with Crippen molar-refractivity contribution >= 4 is 51.3 Å². The molecule has 1 aromatic heterocycles. The van der Waals surface area contributed by atoms with Crippen molar-refractivity contribution in [1.82, 2.24) is 30.3 Å². The first kappa shape index (κ1) is 55.4. The molecule has 0 spiro atoms. The van der Waals surface area contributed by atoms with Crippen LogP contribution in [0.5, 0.6) is 0 Å². The van der Waals surface area contributed by atoms with Gasteiger partial charge in [-0.05, 0) is 72.9 Å². The highest BCUT2D eigenvalue weighted by Crippen LogP contribution is 2.33. The summed E-state index contributed by atoms with van der Waals surface area (Å²) in [6, 6.07) is 11.4. The van der Waals surface area contributed by atoms with E-state index in [0.717, 1.165) is 11.4 Å². The van der Waals surface area contributed by atoms with Gasteiger partial charge < -0.3 is 39.8 Å². The predicted octanol–water partition coefficient (Wildman–Crippen LogP) is 6.60. The Labute approximate surface area is 395 Å². The highest BCUT2D eigenvalue weighted by atomic mass is 33.1. The number of hydrogen-bond acceptors (Lipinski definition) is 12. The third kappa shape index (κ3) is 15.6. The molecule has 0 saturated carbocycles. The van der Waals surface area contributed by atoms with Gasteiger partial charge in [-0.2, -0.15) is 0 Å². The molecule has 15 nitrogen and oxygen atoms in total. The number of nitrogens with zero attached hydrogens (tertiary/aromatic N) is 4. The normalized spacial score (nSPS) is 18.6. The molecule has 17 heteroatoms. The predicted molar refractivity (Wildman–Crippen MR) is 257 cm³/mol. The number of aliphatic hydroxyl groups is 1. The molecule has 1 aliphatic rings. The molecule has 11 atom stereocenters. The highest BCUT2D eigenvalue weighted by molar-refractivity contribution is 8.76. The lowest BCUT2D eigenvalue weighted by Crippen LogP contribution is -2.60. The Hall–Kier alpha value is -3.90. The van der Waals surface area contributed by atoms with Crippen molar-refractivity contribution in [2.45, 2.75) is 147 Å². The van der Waals surface area contributed by atoms with Crippen LogP contribution in [0.1, 0.15) is 99.7 Å². The SMILES string of the molecule is CC[C@H](C)[C@@H]([C@@H](CC(=O)N1CCC[C@H]1[C@H](OC)[C@@H](C)C(=O)N[C@H](C)[C@@H](O)c1ccccc1)OC)N(C)C(=O)[C@@H](NC(=O)[C@H](C(C)C)N(C)C(=O)OC[C@@H](C)SSc1ccccn1)C(C)C. The Morgan fingerprint density at radius 3 is 2.11 bits per heavy atom. The van der Waals surface area contributed by atoms with Gasteiger partial charge in [-0.15, -0.1) is 0 Å². The van der Waals surface area contributed by atoms with Gasteiger partial charge in [0, 0.05) is 46.3 Å². The van der Waals surface area contributed by atoms with E-state index in [1.54, 1.807) is 44.0 Å². The summed E-state index contributed by atoms with van der Waals surface area (Å²) >= 11 is 0. The summed E-state index contributed by atoms with van der Waals surface area (Å²) in [6.07, 6.45) is 0.862. The summed E-state index contributed by atoms with van der Waals surface area (Å²) in [5.41, 5.74) is 0.694. The molecule has 0 bridgehead atoms. The van der Waals surface area contributed by atoms with Crippen LogP contribution in [0.4, 0.5) is 4.79 Å². The first-order valence-electron chi connectivity index (χ1n) is 22.9. The summed E-state index contributed by atoms with van der Waals surface area (Å²) < 4.78 is 17.6. The average molecular weight is 945 g/mol. The summed E-state index contributed by atoms with van der Waals surface area (Å²) in [7, 11) is 9.30. The molecular formula is C48H76N6O9S2. The molecule has 3 rings (SSSR count). The van der Waals surface area contributed by atoms with Crippen molar-refractivity contribution in [3.63, 3.8) is 0 Å². The van der Waals surface area contributed by atoms with Crippen LogP contribution in [0.2, 0.25) is 0 Å². The molecule has 1 saturated heterocycles. The standard InChI is InChI=1S/C48H76N6O9S2/c1-14-31(6)42(37(61-12)27-39(55)54-26-20-23-36(54)44(62-13)33(8)45(57)50-34(9)43(56)35-21-16-15-17-22-35)52(10)47(59)40(29(2)3)51-46(58)41(30(4)5)53(11)48(60)63-28-32(7)64-65-38-24-18-19-25-49-38/h15-19,21-22,24-25,29-34,36-37,40-44,56H,14,20,23,26-28H2,1-13H3,(H,50,57)(H,51,58)/t31-,32+,33+,34+,36-,37+,40-,41-,42-,43+,44+/m0/s1. The second-order valence-electron chi connectivity index (χ2n) is 18.0. The average Bonchev–Trinajstić information content (AvgIpc) is 3.78. The molecule has 2 heterocycles. The Bertz CT molecular complexity index is 1800. The fourth-order valence-electron chi connectivity index (χ4n) is 8.54. The number of ether oxygens (including phenoxy) is 3. The zero-order valence-corrected chi connectivity index (χ0v) is 42.4. The van der Waals surface area contributed by atoms with E-state index in [0.29, 0.717) is 24.9 Å². The Balaban J connectivity index is 1.72. The molecule has 5 amide bonds. The lowest BCUT2D eigenvalue weighted by Gasteiger charge is -2.41. The Morgan fingerprint density at radius 1 is 0.877 bits per heavy atom. The number of carbonyl (C=O) groups is 5. The van der Waals surface area contributed by atoms with Gasteiger partial charge in [0.05, 0.1) is 48.8 Å². The molecule has 65 heavy (non-hydrogen) atoms. The van der Waals surface area contributed by atoms with E-state index in [1.807, 2.05) is 97.0 Å². The zero-order valence-electron chi connectivity index (χ0n) is 40.8. The number of carbonyl (C=O) groups excluding carboxylic acids is 5. The van der Waals surface area contributed by atoms with Crippen LogP contribution in [0.3, 0.4) is 0 Å². The maximum Gasteiger partial charge on any atom is 0.410 e. The number of hydrogen-bond donors (Lipinski definition) is 3. The fraction of sp³-hybridized carbons (Fsp3) is 0.667. The quantitative estimate of drug-likeness (QED) is 0.0910. The van der Waals surface area contributed by atoms with Crippen LogP contribution in [-0.2, 0) is 33.4 Å². The first-order valence-corrected chi connectivity index (χ1v) is 25.1. The minimum absolute atomic E-state index is 0.0308. The van der Waals surface area contributed by atoms with Crippen molar-refractivity contribution in [3.8, 4) is 0 Å². The van der Waals surface area contributed by atoms with Crippen molar-refractivity contribution in [2.75, 3.05) is 41.5 Å². The van der Waals surface area contributed by atoms with Gasteiger partial charge in [0.25, 0.3) is 0 Å². The van der Waals surface area contributed by atoms with Crippen LogP contribution in [0.15, 0.2) is 59.8 Å². The third-order valence-corrected chi connectivity index (χ3v) is 15.2. The molecule has 1 aromatic carbocycles. The Morgan fingerprint density at radius 2 is 1.54 bits per heavy atom. The maximum absolute atomic E-state index is 14.6. The number of rotatable bonds is 25. The molecule has 364 valence electrons. The molecule has 0 radical (unpaired) electrons. The summed E-state index contributed by atoms with van der Waals surface area (Å²) in [6.45, 7) is 17.5. The number of aromatic nitrogens is 1. The van der Waals surface area contributed by atoms with Gasteiger partial charge in [0.2, 0.25) is 23.6 Å². The first-order chi connectivity index (χ1) is 30.8. The smallest absolute Gasteiger partial charge is 0.410 e. The lowest BCUT2D eigenvalue weighted by molar-refractivity contribution is -0.148. The van der Waals surface area contributed by atoms with Crippen molar-refractivity contribution < 1.29 is 43.3 Å². The molecular weight excluding hydrogens is 869 g/mol. The summed E-state index contributed by atoms with van der Waals surface area (Å²) in [5, 5.41) is 17.6. The topological polar surface area (TPSA) is 180 Å². The molecule has 2 aromatic rings. The molecule has 0 unspecified atom stereocenters. The van der Waals surface area contributed by atoms with Gasteiger partial charge >= 0.3 is 6.09 Å². The number of aliphatic hydroxyl groups excluding tert-OH is 1. The van der Waals surface area contributed by atoms with Crippen LogP contribution in [0, 0.1) is 23.7 Å². The molecule has 1 fully saturated rings. The lowest BCUT2D eigenvalue weighted by atomic mass is 9.89. The van der Waals surface area contributed by atoms with E-state index >= 15 is 0 Å². The second kappa shape index (κ2) is 27.0. The minimum atomic E-state index is -0.951. The second-order valence-corrected chi connectivity index (χ2v) is 20.7. The van der Waals surface area contributed by atoms with Crippen LogP contribution >= 0.6 is 21.6 Å². The largest absolute Gasteiger partial charge is 0.448 e. The highest BCUT2D eigenvalue weighted by Gasteiger charge is 2.43. The maximum atomic E-state index is 14.6. The number of nitrogens with one attached hydrogen (secondary N) is 2. The molecule has 0 aliphatic carbocycles. The number of likely N-dealkylation sites (N-methyl/N-ethyl adjacent to an activating group) is 2. The Kier molecular flexibility index (Phi) is 23.1. The van der Waals surface area contributed by atoms with Crippen LogP contribution in [0.25, 0.3) is 0 Å². The molecule has 3 N–H and O–H groups in total. The van der Waals surface area contributed by atoms with E-state index < -0.39 is 60.4 Å². The fourth-order valence-corrected chi connectivity index (χ4v) is 10.4. The minimum Gasteiger partial charge on any atom is -0.448 e. The molecule has 1 aliphatic heterocycles. The number of methoxy groups -OCH3 is 2. The third-order valence-electron chi connectivity index (χ3n) is 12.5. The van der Waals surface area contributed by atoms with Gasteiger partial charge in [-0.3, -0.25) is 24.1 Å². The summed E-state index contributed by atoms with van der Waals surface area (Å²) in [4.78, 5) is 78.8. The van der Waals surface area contributed by atoms with E-state index in [1.165, 1.54) is 40.6 Å². The van der Waals surface area contributed by atoms with E-state index in [-0.39, 0.29) is 59.8 Å². The number of pyridine rings is 1. The van der Waals surface area contributed by atoms with Crippen molar-refractivity contribution in [3.05, 3.63) is 60.3 Å². The number of likely N-dealkylation sites (tertiary alicyclic amines) is 1. The van der Waals surface area contributed by atoms with E-state index in [4.69, 9.17) is 14.2 Å². The van der Waals surface area contributed by atoms with E-state index in [9.17, 15) is 29.1 Å². The van der Waals surface area contributed by atoms with Gasteiger partial charge in [0.1, 0.15) is 23.7 Å². The van der Waals surface area contributed by atoms with E-state index in [2.05, 4.69) is 15.6 Å². The monoisotopic (exact) mass is 945 g/mol. The zero-order chi connectivity index (χ0) is 48.5. The number of benzene rings is 1. The van der Waals surface area contributed by atoms with Crippen LogP contribution < -0.4 is 10.6 Å².